The van der Waals surface area contributed by atoms with E-state index in [4.69, 9.17) is 4.74 Å². The molecule has 0 fully saturated rings. The van der Waals surface area contributed by atoms with E-state index in [1.54, 1.807) is 41.3 Å². The molecule has 0 aliphatic rings. The maximum Gasteiger partial charge on any atom is 0.274 e. The number of hydrogen-bond acceptors (Lipinski definition) is 6. The fraction of sp³-hybridized carbons (Fsp3) is 0.267. The monoisotopic (exact) mass is 333 g/mol. The minimum Gasteiger partial charge on any atom is -0.383 e. The minimum absolute atomic E-state index is 0.0708. The number of methoxy groups -OCH3 is 1. The molecule has 0 aromatic carbocycles. The molecule has 22 heavy (non-hydrogen) atoms. The number of carbonyl (C=O) groups excluding carboxylic acids is 1. The summed E-state index contributed by atoms with van der Waals surface area (Å²) in [5.74, 6) is -0.0708. The van der Waals surface area contributed by atoms with E-state index < -0.39 is 0 Å². The molecule has 0 saturated carbocycles. The van der Waals surface area contributed by atoms with Crippen LogP contribution in [0, 0.1) is 0 Å². The van der Waals surface area contributed by atoms with E-state index in [9.17, 15) is 4.79 Å². The quantitative estimate of drug-likeness (QED) is 0.696. The molecular formula is C15H15N3O2S2. The smallest absolute Gasteiger partial charge is 0.274 e. The molecule has 1 amide bonds. The van der Waals surface area contributed by atoms with Crippen molar-refractivity contribution in [3.8, 4) is 0 Å². The van der Waals surface area contributed by atoms with Gasteiger partial charge < -0.3 is 9.64 Å². The Hall–Kier alpha value is -1.83. The summed E-state index contributed by atoms with van der Waals surface area (Å²) in [5.41, 5.74) is 2.28. The van der Waals surface area contributed by atoms with Crippen LogP contribution in [0.1, 0.15) is 15.4 Å². The highest BCUT2D eigenvalue weighted by Crippen LogP contribution is 2.24. The Labute approximate surface area is 136 Å². The van der Waals surface area contributed by atoms with E-state index in [0.29, 0.717) is 25.4 Å². The van der Waals surface area contributed by atoms with Gasteiger partial charge >= 0.3 is 0 Å². The van der Waals surface area contributed by atoms with Crippen molar-refractivity contribution in [2.24, 2.45) is 0 Å². The molecule has 0 aliphatic carbocycles. The highest BCUT2D eigenvalue weighted by Gasteiger charge is 2.20. The molecule has 7 heteroatoms. The third kappa shape index (κ3) is 3.16. The van der Waals surface area contributed by atoms with Crippen molar-refractivity contribution in [3.05, 3.63) is 46.0 Å². The van der Waals surface area contributed by atoms with Crippen LogP contribution in [0.25, 0.3) is 10.1 Å². The van der Waals surface area contributed by atoms with Gasteiger partial charge in [-0.15, -0.1) is 22.7 Å². The molecule has 5 nitrogen and oxygen atoms in total. The molecule has 3 aromatic rings. The standard InChI is InChI=1S/C15H15N3O2S2/c1-20-6-5-18(9-12-8-16-10-22-12)15(19)13-14-11(2-4-17-13)3-7-21-14/h2-4,7-8,10H,5-6,9H2,1H3. The van der Waals surface area contributed by atoms with Crippen LogP contribution in [0.3, 0.4) is 0 Å². The van der Waals surface area contributed by atoms with Crippen LogP contribution in [-0.2, 0) is 11.3 Å². The molecule has 0 saturated heterocycles. The predicted octanol–water partition coefficient (Wildman–Crippen LogP) is 3.04. The average molecular weight is 333 g/mol. The Bertz CT molecular complexity index is 755. The van der Waals surface area contributed by atoms with Gasteiger partial charge in [0.25, 0.3) is 5.91 Å². The molecule has 3 rings (SSSR count). The zero-order chi connectivity index (χ0) is 15.4. The van der Waals surface area contributed by atoms with Gasteiger partial charge in [0.05, 0.1) is 23.4 Å². The number of nitrogens with zero attached hydrogens (tertiary/aromatic N) is 3. The summed E-state index contributed by atoms with van der Waals surface area (Å²) in [4.78, 5) is 24.1. The van der Waals surface area contributed by atoms with Crippen molar-refractivity contribution in [3.63, 3.8) is 0 Å². The second kappa shape index (κ2) is 6.95. The SMILES string of the molecule is COCCN(Cc1cncs1)C(=O)c1nccc2ccsc12. The van der Waals surface area contributed by atoms with Crippen LogP contribution in [0.5, 0.6) is 0 Å². The first-order valence-corrected chi connectivity index (χ1v) is 8.53. The summed E-state index contributed by atoms with van der Waals surface area (Å²) >= 11 is 3.08. The second-order valence-corrected chi connectivity index (χ2v) is 6.57. The number of ether oxygens (including phenoxy) is 1. The van der Waals surface area contributed by atoms with Gasteiger partial charge in [0.1, 0.15) is 5.69 Å². The van der Waals surface area contributed by atoms with Gasteiger partial charge in [-0.2, -0.15) is 0 Å². The Morgan fingerprint density at radius 1 is 1.36 bits per heavy atom. The van der Waals surface area contributed by atoms with E-state index in [-0.39, 0.29) is 5.91 Å². The van der Waals surface area contributed by atoms with Crippen LogP contribution in [-0.4, -0.2) is 41.0 Å². The maximum absolute atomic E-state index is 12.9. The average Bonchev–Trinajstić information content (AvgIpc) is 3.21. The van der Waals surface area contributed by atoms with Gasteiger partial charge in [-0.05, 0) is 22.9 Å². The number of aromatic nitrogens is 2. The highest BCUT2D eigenvalue weighted by atomic mass is 32.1. The van der Waals surface area contributed by atoms with Crippen LogP contribution in [0.4, 0.5) is 0 Å². The van der Waals surface area contributed by atoms with Crippen LogP contribution in [0.2, 0.25) is 0 Å². The lowest BCUT2D eigenvalue weighted by Gasteiger charge is -2.21. The molecular weight excluding hydrogens is 318 g/mol. The van der Waals surface area contributed by atoms with E-state index in [1.165, 1.54) is 11.3 Å². The molecule has 114 valence electrons. The Morgan fingerprint density at radius 2 is 2.27 bits per heavy atom. The third-order valence-electron chi connectivity index (χ3n) is 3.25. The number of amides is 1. The minimum atomic E-state index is -0.0708. The Morgan fingerprint density at radius 3 is 3.05 bits per heavy atom. The number of fused-ring (bicyclic) bond motifs is 1. The lowest BCUT2D eigenvalue weighted by molar-refractivity contribution is 0.0679. The summed E-state index contributed by atoms with van der Waals surface area (Å²) in [6, 6.07) is 3.92. The molecule has 0 unspecified atom stereocenters. The van der Waals surface area contributed by atoms with Gasteiger partial charge in [-0.3, -0.25) is 9.78 Å². The summed E-state index contributed by atoms with van der Waals surface area (Å²) < 4.78 is 6.06. The number of hydrogen-bond donors (Lipinski definition) is 0. The van der Waals surface area contributed by atoms with Crippen molar-refractivity contribution in [1.29, 1.82) is 0 Å². The van der Waals surface area contributed by atoms with Crippen LogP contribution < -0.4 is 0 Å². The van der Waals surface area contributed by atoms with Crippen LogP contribution >= 0.6 is 22.7 Å². The molecule has 3 aromatic heterocycles. The first-order chi connectivity index (χ1) is 10.8. The molecule has 0 N–H and O–H groups in total. The number of carbonyl (C=O) groups is 1. The van der Waals surface area contributed by atoms with Gasteiger partial charge in [0.15, 0.2) is 0 Å². The zero-order valence-corrected chi connectivity index (χ0v) is 13.7. The summed E-state index contributed by atoms with van der Waals surface area (Å²) in [6.07, 6.45) is 3.47. The summed E-state index contributed by atoms with van der Waals surface area (Å²) in [6.45, 7) is 1.54. The van der Waals surface area contributed by atoms with E-state index in [0.717, 1.165) is 15.0 Å². The van der Waals surface area contributed by atoms with Gasteiger partial charge in [0, 0.05) is 30.9 Å². The number of pyridine rings is 1. The lowest BCUT2D eigenvalue weighted by atomic mass is 10.2. The predicted molar refractivity (Wildman–Crippen MR) is 88.4 cm³/mol. The molecule has 0 atom stereocenters. The molecule has 0 bridgehead atoms. The first-order valence-electron chi connectivity index (χ1n) is 6.77. The van der Waals surface area contributed by atoms with Gasteiger partial charge in [-0.1, -0.05) is 0 Å². The second-order valence-electron chi connectivity index (χ2n) is 4.69. The van der Waals surface area contributed by atoms with E-state index in [2.05, 4.69) is 9.97 Å². The fourth-order valence-electron chi connectivity index (χ4n) is 2.16. The summed E-state index contributed by atoms with van der Waals surface area (Å²) in [5, 5.41) is 3.03. The van der Waals surface area contributed by atoms with Crippen molar-refractivity contribution in [1.82, 2.24) is 14.9 Å². The molecule has 0 radical (unpaired) electrons. The lowest BCUT2D eigenvalue weighted by Crippen LogP contribution is -2.33. The van der Waals surface area contributed by atoms with Crippen molar-refractivity contribution >= 4 is 38.7 Å². The Kier molecular flexibility index (Phi) is 4.77. The van der Waals surface area contributed by atoms with Crippen molar-refractivity contribution in [2.45, 2.75) is 6.54 Å². The van der Waals surface area contributed by atoms with Crippen LogP contribution in [0.15, 0.2) is 35.4 Å². The molecule has 3 heterocycles. The zero-order valence-electron chi connectivity index (χ0n) is 12.1. The van der Waals surface area contributed by atoms with Crippen molar-refractivity contribution in [2.75, 3.05) is 20.3 Å². The van der Waals surface area contributed by atoms with Gasteiger partial charge in [-0.25, -0.2) is 4.98 Å². The summed E-state index contributed by atoms with van der Waals surface area (Å²) in [7, 11) is 1.63. The van der Waals surface area contributed by atoms with Gasteiger partial charge in [0.2, 0.25) is 0 Å². The largest absolute Gasteiger partial charge is 0.383 e. The number of thiazole rings is 1. The van der Waals surface area contributed by atoms with Crippen molar-refractivity contribution < 1.29 is 9.53 Å². The Balaban J connectivity index is 1.89. The maximum atomic E-state index is 12.9. The molecule has 0 aliphatic heterocycles. The first kappa shape index (κ1) is 15.1. The molecule has 0 spiro atoms. The fourth-order valence-corrected chi connectivity index (χ4v) is 3.64. The topological polar surface area (TPSA) is 55.3 Å². The highest BCUT2D eigenvalue weighted by molar-refractivity contribution is 7.17. The third-order valence-corrected chi connectivity index (χ3v) is 4.96. The van der Waals surface area contributed by atoms with E-state index >= 15 is 0 Å². The number of rotatable bonds is 6. The number of thiophene rings is 1. The van der Waals surface area contributed by atoms with E-state index in [1.807, 2.05) is 17.5 Å². The normalized spacial score (nSPS) is 11.0.